The summed E-state index contributed by atoms with van der Waals surface area (Å²) in [5, 5.41) is 13.4. The summed E-state index contributed by atoms with van der Waals surface area (Å²) in [4.78, 5) is 5.04. The topological polar surface area (TPSA) is 38.7 Å². The Bertz CT molecular complexity index is 283. The molecule has 0 amide bonds. The van der Waals surface area contributed by atoms with Crippen LogP contribution in [-0.2, 0) is 0 Å². The monoisotopic (exact) mass is 269 g/mol. The van der Waals surface area contributed by atoms with Crippen molar-refractivity contribution < 1.29 is 5.11 Å². The Kier molecular flexibility index (Phi) is 5.23. The molecule has 4 nitrogen and oxygen atoms in total. The van der Waals surface area contributed by atoms with E-state index >= 15 is 0 Å². The minimum Gasteiger partial charge on any atom is -0.394 e. The molecule has 4 heteroatoms. The number of likely N-dealkylation sites (N-methyl/N-ethyl adjacent to an activating group) is 1. The first kappa shape index (κ1) is 15.2. The molecule has 2 atom stereocenters. The Morgan fingerprint density at radius 1 is 1.32 bits per heavy atom. The van der Waals surface area contributed by atoms with Crippen LogP contribution in [0.2, 0.25) is 0 Å². The SMILES string of the molecule is CCC1CN(C)CCCN1CC(C)(CO)NC1CC1. The highest BCUT2D eigenvalue weighted by molar-refractivity contribution is 4.95. The van der Waals surface area contributed by atoms with Gasteiger partial charge in [-0.3, -0.25) is 4.90 Å². The third-order valence-corrected chi connectivity index (χ3v) is 4.53. The van der Waals surface area contributed by atoms with Gasteiger partial charge in [0.1, 0.15) is 0 Å². The summed E-state index contributed by atoms with van der Waals surface area (Å²) in [6.45, 7) is 9.15. The molecule has 0 aromatic rings. The maximum atomic E-state index is 9.77. The molecule has 1 aliphatic carbocycles. The lowest BCUT2D eigenvalue weighted by molar-refractivity contribution is 0.0914. The van der Waals surface area contributed by atoms with Crippen LogP contribution in [0.15, 0.2) is 0 Å². The summed E-state index contributed by atoms with van der Waals surface area (Å²) in [6, 6.07) is 1.27. The van der Waals surface area contributed by atoms with Gasteiger partial charge in [0, 0.05) is 25.2 Å². The second-order valence-electron chi connectivity index (χ2n) is 6.79. The van der Waals surface area contributed by atoms with Crippen molar-refractivity contribution in [2.45, 2.75) is 57.2 Å². The van der Waals surface area contributed by atoms with Gasteiger partial charge < -0.3 is 15.3 Å². The molecule has 2 unspecified atom stereocenters. The third-order valence-electron chi connectivity index (χ3n) is 4.53. The van der Waals surface area contributed by atoms with Crippen molar-refractivity contribution in [2.24, 2.45) is 0 Å². The summed E-state index contributed by atoms with van der Waals surface area (Å²) in [7, 11) is 2.22. The maximum Gasteiger partial charge on any atom is 0.0623 e. The molecular weight excluding hydrogens is 238 g/mol. The van der Waals surface area contributed by atoms with Crippen LogP contribution < -0.4 is 5.32 Å². The first-order chi connectivity index (χ1) is 9.06. The van der Waals surface area contributed by atoms with Gasteiger partial charge in [0.05, 0.1) is 12.1 Å². The van der Waals surface area contributed by atoms with Gasteiger partial charge in [0.15, 0.2) is 0 Å². The Balaban J connectivity index is 1.96. The molecule has 0 radical (unpaired) electrons. The molecule has 2 rings (SSSR count). The van der Waals surface area contributed by atoms with Gasteiger partial charge in [-0.15, -0.1) is 0 Å². The number of nitrogens with zero attached hydrogens (tertiary/aromatic N) is 2. The van der Waals surface area contributed by atoms with Gasteiger partial charge in [0.2, 0.25) is 0 Å². The molecule has 1 saturated carbocycles. The number of rotatable bonds is 6. The normalized spacial score (nSPS) is 30.0. The lowest BCUT2D eigenvalue weighted by atomic mass is 10.0. The molecule has 0 aromatic carbocycles. The van der Waals surface area contributed by atoms with E-state index in [0.29, 0.717) is 12.1 Å². The third kappa shape index (κ3) is 4.42. The average Bonchev–Trinajstić information content (AvgIpc) is 3.19. The molecule has 0 spiro atoms. The summed E-state index contributed by atoms with van der Waals surface area (Å²) in [5.74, 6) is 0. The van der Waals surface area contributed by atoms with Crippen LogP contribution in [0.5, 0.6) is 0 Å². The summed E-state index contributed by atoms with van der Waals surface area (Å²) < 4.78 is 0. The average molecular weight is 269 g/mol. The van der Waals surface area contributed by atoms with Crippen LogP contribution in [0.4, 0.5) is 0 Å². The fourth-order valence-corrected chi connectivity index (χ4v) is 3.20. The van der Waals surface area contributed by atoms with Crippen molar-refractivity contribution in [1.29, 1.82) is 0 Å². The second kappa shape index (κ2) is 6.53. The maximum absolute atomic E-state index is 9.77. The Morgan fingerprint density at radius 2 is 2.05 bits per heavy atom. The quantitative estimate of drug-likeness (QED) is 0.752. The van der Waals surface area contributed by atoms with Crippen molar-refractivity contribution in [3.05, 3.63) is 0 Å². The lowest BCUT2D eigenvalue weighted by Crippen LogP contribution is -2.57. The predicted molar refractivity (Wildman–Crippen MR) is 79.4 cm³/mol. The minimum atomic E-state index is -0.141. The van der Waals surface area contributed by atoms with E-state index in [1.807, 2.05) is 0 Å². The van der Waals surface area contributed by atoms with Gasteiger partial charge in [-0.25, -0.2) is 0 Å². The lowest BCUT2D eigenvalue weighted by Gasteiger charge is -2.38. The molecule has 0 aromatic heterocycles. The predicted octanol–water partition coefficient (Wildman–Crippen LogP) is 0.906. The van der Waals surface area contributed by atoms with E-state index in [1.54, 1.807) is 0 Å². The van der Waals surface area contributed by atoms with Crippen molar-refractivity contribution in [1.82, 2.24) is 15.1 Å². The summed E-state index contributed by atoms with van der Waals surface area (Å²) in [6.07, 6.45) is 4.97. The first-order valence-electron chi connectivity index (χ1n) is 7.87. The van der Waals surface area contributed by atoms with E-state index in [9.17, 15) is 5.11 Å². The molecule has 1 aliphatic heterocycles. The van der Waals surface area contributed by atoms with Crippen LogP contribution in [0.3, 0.4) is 0 Å². The highest BCUT2D eigenvalue weighted by atomic mass is 16.3. The van der Waals surface area contributed by atoms with Crippen LogP contribution in [0, 0.1) is 0 Å². The van der Waals surface area contributed by atoms with Gasteiger partial charge in [-0.2, -0.15) is 0 Å². The van der Waals surface area contributed by atoms with E-state index in [4.69, 9.17) is 0 Å². The van der Waals surface area contributed by atoms with Crippen LogP contribution in [0.1, 0.15) is 39.5 Å². The Hall–Kier alpha value is -0.160. The molecule has 0 bridgehead atoms. The minimum absolute atomic E-state index is 0.141. The van der Waals surface area contributed by atoms with Crippen molar-refractivity contribution in [2.75, 3.05) is 39.8 Å². The molecule has 1 heterocycles. The van der Waals surface area contributed by atoms with E-state index in [1.165, 1.54) is 32.2 Å². The molecule has 112 valence electrons. The molecule has 19 heavy (non-hydrogen) atoms. The fraction of sp³-hybridized carbons (Fsp3) is 1.00. The number of nitrogens with one attached hydrogen (secondary N) is 1. The zero-order chi connectivity index (χ0) is 13.9. The largest absolute Gasteiger partial charge is 0.394 e. The smallest absolute Gasteiger partial charge is 0.0623 e. The zero-order valence-electron chi connectivity index (χ0n) is 12.9. The van der Waals surface area contributed by atoms with Gasteiger partial charge in [-0.05, 0) is 52.7 Å². The van der Waals surface area contributed by atoms with Gasteiger partial charge in [0.25, 0.3) is 0 Å². The van der Waals surface area contributed by atoms with Crippen LogP contribution in [0.25, 0.3) is 0 Å². The molecular formula is C15H31N3O. The van der Waals surface area contributed by atoms with E-state index in [-0.39, 0.29) is 12.1 Å². The molecule has 1 saturated heterocycles. The summed E-state index contributed by atoms with van der Waals surface area (Å²) >= 11 is 0. The van der Waals surface area contributed by atoms with E-state index in [0.717, 1.165) is 19.6 Å². The Morgan fingerprint density at radius 3 is 2.63 bits per heavy atom. The summed E-state index contributed by atoms with van der Waals surface area (Å²) in [5.41, 5.74) is -0.141. The van der Waals surface area contributed by atoms with Gasteiger partial charge in [-0.1, -0.05) is 6.92 Å². The number of hydrogen-bond donors (Lipinski definition) is 2. The number of aliphatic hydroxyl groups excluding tert-OH is 1. The first-order valence-corrected chi connectivity index (χ1v) is 7.87. The Labute approximate surface area is 118 Å². The number of hydrogen-bond acceptors (Lipinski definition) is 4. The van der Waals surface area contributed by atoms with Crippen molar-refractivity contribution in [3.8, 4) is 0 Å². The fourth-order valence-electron chi connectivity index (χ4n) is 3.20. The van der Waals surface area contributed by atoms with E-state index < -0.39 is 0 Å². The standard InChI is InChI=1S/C15H31N3O/c1-4-14-10-17(3)8-5-9-18(14)11-15(2,12-19)16-13-6-7-13/h13-14,16,19H,4-12H2,1-3H3. The number of aliphatic hydroxyl groups is 1. The molecule has 2 aliphatic rings. The molecule has 2 fully saturated rings. The van der Waals surface area contributed by atoms with Gasteiger partial charge >= 0.3 is 0 Å². The van der Waals surface area contributed by atoms with E-state index in [2.05, 4.69) is 36.0 Å². The zero-order valence-corrected chi connectivity index (χ0v) is 12.9. The molecule has 2 N–H and O–H groups in total. The second-order valence-corrected chi connectivity index (χ2v) is 6.79. The van der Waals surface area contributed by atoms with Crippen LogP contribution >= 0.6 is 0 Å². The van der Waals surface area contributed by atoms with Crippen molar-refractivity contribution >= 4 is 0 Å². The highest BCUT2D eigenvalue weighted by Gasteiger charge is 2.35. The van der Waals surface area contributed by atoms with Crippen molar-refractivity contribution in [3.63, 3.8) is 0 Å². The van der Waals surface area contributed by atoms with Crippen LogP contribution in [-0.4, -0.2) is 72.4 Å². The highest BCUT2D eigenvalue weighted by Crippen LogP contribution is 2.24.